The van der Waals surface area contributed by atoms with Crippen LogP contribution in [0.15, 0.2) is 67.3 Å². The second-order valence-corrected chi connectivity index (χ2v) is 7.43. The third-order valence-corrected chi connectivity index (χ3v) is 5.28. The average molecular weight is 419 g/mol. The molecule has 1 aliphatic rings. The molecule has 1 saturated heterocycles. The number of likely N-dealkylation sites (tertiary alicyclic amines) is 1. The van der Waals surface area contributed by atoms with Crippen LogP contribution in [0, 0.1) is 0 Å². The molecule has 2 heterocycles. The topological polar surface area (TPSA) is 88.5 Å². The van der Waals surface area contributed by atoms with Crippen molar-refractivity contribution >= 4 is 23.3 Å². The van der Waals surface area contributed by atoms with E-state index in [2.05, 4.69) is 15.6 Å². The van der Waals surface area contributed by atoms with E-state index < -0.39 is 6.04 Å². The number of methoxy groups -OCH3 is 1. The minimum absolute atomic E-state index is 0.188. The van der Waals surface area contributed by atoms with Crippen LogP contribution in [0.3, 0.4) is 0 Å². The third kappa shape index (κ3) is 5.03. The van der Waals surface area contributed by atoms with Gasteiger partial charge < -0.3 is 24.8 Å². The van der Waals surface area contributed by atoms with Crippen LogP contribution < -0.4 is 15.4 Å². The number of nitrogens with zero attached hydrogens (tertiary/aromatic N) is 3. The van der Waals surface area contributed by atoms with Crippen molar-refractivity contribution in [2.45, 2.75) is 25.4 Å². The summed E-state index contributed by atoms with van der Waals surface area (Å²) in [6.07, 6.45) is 6.80. The SMILES string of the molecule is COc1ccc(NC(=O)[C@H]2CCCN2C(=O)Nc2cccc(Cn3ccnc3)c2)cc1. The number of aromatic nitrogens is 2. The number of hydrogen-bond acceptors (Lipinski definition) is 4. The van der Waals surface area contributed by atoms with Crippen molar-refractivity contribution < 1.29 is 14.3 Å². The molecule has 3 amide bonds. The van der Waals surface area contributed by atoms with Crippen molar-refractivity contribution in [2.24, 2.45) is 0 Å². The Hall–Kier alpha value is -3.81. The molecule has 0 saturated carbocycles. The van der Waals surface area contributed by atoms with Gasteiger partial charge in [0.2, 0.25) is 5.91 Å². The molecule has 1 atom stereocenters. The van der Waals surface area contributed by atoms with Crippen molar-refractivity contribution in [3.63, 3.8) is 0 Å². The van der Waals surface area contributed by atoms with E-state index in [4.69, 9.17) is 4.74 Å². The number of urea groups is 1. The molecule has 1 aromatic heterocycles. The minimum atomic E-state index is -0.503. The summed E-state index contributed by atoms with van der Waals surface area (Å²) in [7, 11) is 1.59. The van der Waals surface area contributed by atoms with E-state index in [1.807, 2.05) is 35.0 Å². The van der Waals surface area contributed by atoms with E-state index in [1.54, 1.807) is 48.8 Å². The Kier molecular flexibility index (Phi) is 6.16. The highest BCUT2D eigenvalue weighted by Gasteiger charge is 2.34. The maximum Gasteiger partial charge on any atom is 0.322 e. The Balaban J connectivity index is 1.38. The lowest BCUT2D eigenvalue weighted by atomic mass is 10.2. The Morgan fingerprint density at radius 3 is 2.71 bits per heavy atom. The monoisotopic (exact) mass is 419 g/mol. The highest BCUT2D eigenvalue weighted by atomic mass is 16.5. The number of ether oxygens (including phenoxy) is 1. The zero-order valence-corrected chi connectivity index (χ0v) is 17.3. The van der Waals surface area contributed by atoms with Crippen molar-refractivity contribution in [3.05, 3.63) is 72.8 Å². The van der Waals surface area contributed by atoms with Gasteiger partial charge in [-0.2, -0.15) is 0 Å². The molecular weight excluding hydrogens is 394 g/mol. The average Bonchev–Trinajstić information content (AvgIpc) is 3.47. The second kappa shape index (κ2) is 9.34. The molecule has 1 fully saturated rings. The Bertz CT molecular complexity index is 1030. The molecule has 4 rings (SSSR count). The molecule has 8 heteroatoms. The number of carbonyl (C=O) groups excluding carboxylic acids is 2. The molecule has 0 radical (unpaired) electrons. The van der Waals surface area contributed by atoms with Crippen LogP contribution in [-0.2, 0) is 11.3 Å². The minimum Gasteiger partial charge on any atom is -0.497 e. The summed E-state index contributed by atoms with van der Waals surface area (Å²) in [6, 6.07) is 14.0. The van der Waals surface area contributed by atoms with E-state index in [0.717, 1.165) is 17.7 Å². The molecule has 2 N–H and O–H groups in total. The zero-order valence-electron chi connectivity index (χ0n) is 17.3. The summed E-state index contributed by atoms with van der Waals surface area (Å²) in [4.78, 5) is 31.3. The van der Waals surface area contributed by atoms with Gasteiger partial charge in [-0.15, -0.1) is 0 Å². The molecule has 8 nitrogen and oxygen atoms in total. The molecule has 0 bridgehead atoms. The first kappa shape index (κ1) is 20.5. The van der Waals surface area contributed by atoms with Gasteiger partial charge in [0.25, 0.3) is 0 Å². The number of rotatable bonds is 6. The van der Waals surface area contributed by atoms with Crippen molar-refractivity contribution in [3.8, 4) is 5.75 Å². The van der Waals surface area contributed by atoms with Crippen molar-refractivity contribution in [2.75, 3.05) is 24.3 Å². The van der Waals surface area contributed by atoms with E-state index >= 15 is 0 Å². The Labute approximate surface area is 180 Å². The molecule has 160 valence electrons. The molecule has 2 aromatic carbocycles. The Morgan fingerprint density at radius 2 is 1.97 bits per heavy atom. The van der Waals surface area contributed by atoms with E-state index in [1.165, 1.54) is 0 Å². The smallest absolute Gasteiger partial charge is 0.322 e. The van der Waals surface area contributed by atoms with Crippen LogP contribution in [0.1, 0.15) is 18.4 Å². The quantitative estimate of drug-likeness (QED) is 0.639. The van der Waals surface area contributed by atoms with E-state index in [9.17, 15) is 9.59 Å². The van der Waals surface area contributed by atoms with Gasteiger partial charge >= 0.3 is 6.03 Å². The number of amides is 3. The summed E-state index contributed by atoms with van der Waals surface area (Å²) in [6.45, 7) is 1.21. The summed E-state index contributed by atoms with van der Waals surface area (Å²) < 4.78 is 7.10. The van der Waals surface area contributed by atoms with Gasteiger partial charge in [-0.25, -0.2) is 9.78 Å². The zero-order chi connectivity index (χ0) is 21.6. The summed E-state index contributed by atoms with van der Waals surface area (Å²) in [5.74, 6) is 0.529. The van der Waals surface area contributed by atoms with Gasteiger partial charge in [-0.05, 0) is 54.8 Å². The number of imidazole rings is 1. The first-order chi connectivity index (χ1) is 15.1. The fourth-order valence-electron chi connectivity index (χ4n) is 3.72. The van der Waals surface area contributed by atoms with Gasteiger partial charge in [0.05, 0.1) is 13.4 Å². The van der Waals surface area contributed by atoms with Gasteiger partial charge in [-0.1, -0.05) is 12.1 Å². The molecule has 3 aromatic rings. The lowest BCUT2D eigenvalue weighted by molar-refractivity contribution is -0.119. The molecule has 1 aliphatic heterocycles. The summed E-state index contributed by atoms with van der Waals surface area (Å²) in [5, 5.41) is 5.83. The van der Waals surface area contributed by atoms with Crippen molar-refractivity contribution in [1.29, 1.82) is 0 Å². The fraction of sp³-hybridized carbons (Fsp3) is 0.261. The summed E-state index contributed by atoms with van der Waals surface area (Å²) >= 11 is 0. The maximum absolute atomic E-state index is 12.9. The van der Waals surface area contributed by atoms with Crippen molar-refractivity contribution in [1.82, 2.24) is 14.5 Å². The number of benzene rings is 2. The van der Waals surface area contributed by atoms with Crippen LogP contribution in [0.5, 0.6) is 5.75 Å². The molecule has 0 aliphatic carbocycles. The van der Waals surface area contributed by atoms with Gasteiger partial charge in [0, 0.05) is 36.9 Å². The molecule has 31 heavy (non-hydrogen) atoms. The summed E-state index contributed by atoms with van der Waals surface area (Å²) in [5.41, 5.74) is 2.42. The van der Waals surface area contributed by atoms with Gasteiger partial charge in [-0.3, -0.25) is 4.79 Å². The standard InChI is InChI=1S/C23H25N5O3/c1-31-20-9-7-18(8-10-20)25-22(29)21-6-3-12-28(21)23(30)26-19-5-2-4-17(14-19)15-27-13-11-24-16-27/h2,4-5,7-11,13-14,16,21H,3,6,12,15H2,1H3,(H,25,29)(H,26,30)/t21-/m1/s1. The predicted octanol–water partition coefficient (Wildman–Crippen LogP) is 3.58. The predicted molar refractivity (Wildman–Crippen MR) is 118 cm³/mol. The number of anilines is 2. The number of hydrogen-bond donors (Lipinski definition) is 2. The fourth-order valence-corrected chi connectivity index (χ4v) is 3.72. The number of carbonyl (C=O) groups is 2. The van der Waals surface area contributed by atoms with E-state index in [-0.39, 0.29) is 11.9 Å². The van der Waals surface area contributed by atoms with Crippen LogP contribution >= 0.6 is 0 Å². The van der Waals surface area contributed by atoms with E-state index in [0.29, 0.717) is 30.9 Å². The molecular formula is C23H25N5O3. The lowest BCUT2D eigenvalue weighted by Crippen LogP contribution is -2.45. The van der Waals surface area contributed by atoms with Crippen LogP contribution in [-0.4, -0.2) is 46.1 Å². The van der Waals surface area contributed by atoms with Crippen LogP contribution in [0.25, 0.3) is 0 Å². The lowest BCUT2D eigenvalue weighted by Gasteiger charge is -2.24. The highest BCUT2D eigenvalue weighted by molar-refractivity contribution is 5.99. The first-order valence-electron chi connectivity index (χ1n) is 10.2. The normalized spacial score (nSPS) is 15.5. The molecule has 0 unspecified atom stereocenters. The van der Waals surface area contributed by atoms with Crippen LogP contribution in [0.4, 0.5) is 16.2 Å². The Morgan fingerprint density at radius 1 is 1.13 bits per heavy atom. The number of nitrogens with one attached hydrogen (secondary N) is 2. The maximum atomic E-state index is 12.9. The highest BCUT2D eigenvalue weighted by Crippen LogP contribution is 2.22. The third-order valence-electron chi connectivity index (χ3n) is 5.28. The molecule has 0 spiro atoms. The van der Waals surface area contributed by atoms with Crippen LogP contribution in [0.2, 0.25) is 0 Å². The first-order valence-corrected chi connectivity index (χ1v) is 10.2. The largest absolute Gasteiger partial charge is 0.497 e. The van der Waals surface area contributed by atoms with Gasteiger partial charge in [0.15, 0.2) is 0 Å². The van der Waals surface area contributed by atoms with Gasteiger partial charge in [0.1, 0.15) is 11.8 Å². The second-order valence-electron chi connectivity index (χ2n) is 7.43.